The van der Waals surface area contributed by atoms with Crippen LogP contribution >= 0.6 is 0 Å². The van der Waals surface area contributed by atoms with Crippen LogP contribution in [-0.4, -0.2) is 25.7 Å². The number of nitrogens with two attached hydrogens (primary N) is 1. The summed E-state index contributed by atoms with van der Waals surface area (Å²) in [4.78, 5) is 16.1. The van der Waals surface area contributed by atoms with Crippen molar-refractivity contribution in [2.75, 3.05) is 6.54 Å². The molecule has 0 aliphatic rings. The van der Waals surface area contributed by atoms with Crippen LogP contribution in [0.3, 0.4) is 0 Å². The van der Waals surface area contributed by atoms with Gasteiger partial charge < -0.3 is 10.3 Å². The maximum absolute atomic E-state index is 12.1. The van der Waals surface area contributed by atoms with E-state index in [0.717, 1.165) is 22.6 Å². The first-order valence-corrected chi connectivity index (χ1v) is 6.40. The van der Waals surface area contributed by atoms with E-state index < -0.39 is 0 Å². The Kier molecular flexibility index (Phi) is 3.08. The van der Waals surface area contributed by atoms with Crippen molar-refractivity contribution in [2.45, 2.75) is 6.42 Å². The lowest BCUT2D eigenvalue weighted by Crippen LogP contribution is -2.21. The summed E-state index contributed by atoms with van der Waals surface area (Å²) in [5, 5.41) is 4.37. The summed E-state index contributed by atoms with van der Waals surface area (Å²) in [6.07, 6.45) is 4.08. The van der Waals surface area contributed by atoms with Crippen LogP contribution in [0.15, 0.2) is 41.5 Å². The van der Waals surface area contributed by atoms with Crippen molar-refractivity contribution in [1.29, 1.82) is 0 Å². The number of aryl methyl sites for hydroxylation is 1. The van der Waals surface area contributed by atoms with E-state index in [9.17, 15) is 4.79 Å². The van der Waals surface area contributed by atoms with Crippen LogP contribution in [0.4, 0.5) is 0 Å². The zero-order chi connectivity index (χ0) is 14.1. The average Bonchev–Trinajstić information content (AvgIpc) is 2.92. The van der Waals surface area contributed by atoms with Crippen molar-refractivity contribution in [3.05, 3.63) is 52.7 Å². The van der Waals surface area contributed by atoms with E-state index in [1.165, 1.54) is 4.52 Å². The molecule has 0 spiro atoms. The van der Waals surface area contributed by atoms with Crippen LogP contribution < -0.4 is 11.3 Å². The summed E-state index contributed by atoms with van der Waals surface area (Å²) in [5.41, 5.74) is 8.79. The lowest BCUT2D eigenvalue weighted by Gasteiger charge is -2.08. The quantitative estimate of drug-likeness (QED) is 0.755. The highest BCUT2D eigenvalue weighted by Crippen LogP contribution is 2.18. The van der Waals surface area contributed by atoms with Gasteiger partial charge in [0.25, 0.3) is 5.56 Å². The van der Waals surface area contributed by atoms with Gasteiger partial charge in [0, 0.05) is 49.3 Å². The molecule has 0 bridgehead atoms. The van der Waals surface area contributed by atoms with E-state index in [1.807, 2.05) is 29.8 Å². The largest absolute Gasteiger partial charge is 0.333 e. The Balaban J connectivity index is 2.23. The van der Waals surface area contributed by atoms with E-state index in [4.69, 9.17) is 5.73 Å². The van der Waals surface area contributed by atoms with Gasteiger partial charge in [-0.05, 0) is 18.7 Å². The molecule has 0 radical (unpaired) electrons. The number of aromatic nitrogens is 4. The smallest absolute Gasteiger partial charge is 0.274 e. The maximum Gasteiger partial charge on any atom is 0.274 e. The van der Waals surface area contributed by atoms with Crippen LogP contribution in [0.1, 0.15) is 5.69 Å². The third kappa shape index (κ3) is 2.00. The van der Waals surface area contributed by atoms with Gasteiger partial charge in [0.05, 0.1) is 5.69 Å². The van der Waals surface area contributed by atoms with Gasteiger partial charge >= 0.3 is 0 Å². The number of hydrogen-bond acceptors (Lipinski definition) is 4. The van der Waals surface area contributed by atoms with Gasteiger partial charge in [-0.2, -0.15) is 9.61 Å². The second kappa shape index (κ2) is 4.90. The van der Waals surface area contributed by atoms with E-state index in [1.54, 1.807) is 18.5 Å². The van der Waals surface area contributed by atoms with Gasteiger partial charge in [-0.3, -0.25) is 9.78 Å². The Morgan fingerprint density at radius 3 is 2.70 bits per heavy atom. The van der Waals surface area contributed by atoms with Crippen molar-refractivity contribution < 1.29 is 0 Å². The highest BCUT2D eigenvalue weighted by atomic mass is 16.1. The number of rotatable bonds is 3. The molecule has 0 fully saturated rings. The SMILES string of the molecule is Cn1c(CCN)cc(=O)n2nc(-c3ccncc3)cc12. The fraction of sp³-hybridized carbons (Fsp3) is 0.214. The average molecular weight is 269 g/mol. The minimum Gasteiger partial charge on any atom is -0.333 e. The van der Waals surface area contributed by atoms with Crippen LogP contribution in [-0.2, 0) is 13.5 Å². The molecular weight excluding hydrogens is 254 g/mol. The van der Waals surface area contributed by atoms with Crippen LogP contribution in [0, 0.1) is 0 Å². The van der Waals surface area contributed by atoms with Gasteiger partial charge in [0.2, 0.25) is 0 Å². The molecule has 0 atom stereocenters. The van der Waals surface area contributed by atoms with Crippen LogP contribution in [0.5, 0.6) is 0 Å². The minimum atomic E-state index is -0.137. The molecule has 0 aromatic carbocycles. The molecule has 0 aliphatic carbocycles. The molecule has 3 aromatic rings. The number of hydrogen-bond donors (Lipinski definition) is 1. The fourth-order valence-corrected chi connectivity index (χ4v) is 2.27. The molecule has 0 amide bonds. The van der Waals surface area contributed by atoms with Crippen LogP contribution in [0.25, 0.3) is 16.9 Å². The molecule has 0 aliphatic heterocycles. The first-order valence-electron chi connectivity index (χ1n) is 6.40. The monoisotopic (exact) mass is 269 g/mol. The predicted octanol–water partition coefficient (Wildman–Crippen LogP) is 0.596. The standard InChI is InChI=1S/C14H15N5O/c1-18-11(2-5-15)8-14(20)19-13(18)9-12(17-19)10-3-6-16-7-4-10/h3-4,6-9H,2,5,15H2,1H3. The molecule has 102 valence electrons. The first-order chi connectivity index (χ1) is 9.70. The molecule has 0 saturated carbocycles. The summed E-state index contributed by atoms with van der Waals surface area (Å²) in [6.45, 7) is 0.509. The Hall–Kier alpha value is -2.47. The minimum absolute atomic E-state index is 0.137. The van der Waals surface area contributed by atoms with Gasteiger partial charge in [-0.15, -0.1) is 0 Å². The third-order valence-electron chi connectivity index (χ3n) is 3.34. The highest BCUT2D eigenvalue weighted by molar-refractivity contribution is 5.63. The van der Waals surface area contributed by atoms with Crippen molar-refractivity contribution >= 4 is 5.65 Å². The van der Waals surface area contributed by atoms with Crippen molar-refractivity contribution in [1.82, 2.24) is 19.2 Å². The summed E-state index contributed by atoms with van der Waals surface area (Å²) >= 11 is 0. The Morgan fingerprint density at radius 1 is 1.25 bits per heavy atom. The Morgan fingerprint density at radius 2 is 2.00 bits per heavy atom. The van der Waals surface area contributed by atoms with E-state index in [0.29, 0.717) is 13.0 Å². The van der Waals surface area contributed by atoms with Crippen molar-refractivity contribution in [3.8, 4) is 11.3 Å². The molecule has 3 rings (SSSR count). The second-order valence-electron chi connectivity index (χ2n) is 4.61. The van der Waals surface area contributed by atoms with E-state index in [2.05, 4.69) is 10.1 Å². The molecular formula is C14H15N5O. The third-order valence-corrected chi connectivity index (χ3v) is 3.34. The summed E-state index contributed by atoms with van der Waals surface area (Å²) < 4.78 is 3.36. The zero-order valence-corrected chi connectivity index (χ0v) is 11.2. The topological polar surface area (TPSA) is 78.2 Å². The second-order valence-corrected chi connectivity index (χ2v) is 4.61. The number of fused-ring (bicyclic) bond motifs is 1. The molecule has 0 unspecified atom stereocenters. The maximum atomic E-state index is 12.1. The number of nitrogens with zero attached hydrogens (tertiary/aromatic N) is 4. The van der Waals surface area contributed by atoms with Crippen molar-refractivity contribution in [2.24, 2.45) is 12.8 Å². The molecule has 3 aromatic heterocycles. The van der Waals surface area contributed by atoms with Gasteiger partial charge in [0.1, 0.15) is 5.65 Å². The predicted molar refractivity (Wildman–Crippen MR) is 76.4 cm³/mol. The van der Waals surface area contributed by atoms with Crippen molar-refractivity contribution in [3.63, 3.8) is 0 Å². The molecule has 3 heterocycles. The summed E-state index contributed by atoms with van der Waals surface area (Å²) in [5.74, 6) is 0. The summed E-state index contributed by atoms with van der Waals surface area (Å²) in [6, 6.07) is 7.22. The first kappa shape index (κ1) is 12.6. The molecule has 6 heteroatoms. The summed E-state index contributed by atoms with van der Waals surface area (Å²) in [7, 11) is 1.91. The molecule has 20 heavy (non-hydrogen) atoms. The molecule has 0 saturated heterocycles. The lowest BCUT2D eigenvalue weighted by molar-refractivity contribution is 0.757. The lowest BCUT2D eigenvalue weighted by atomic mass is 10.2. The van der Waals surface area contributed by atoms with Gasteiger partial charge in [-0.1, -0.05) is 0 Å². The van der Waals surface area contributed by atoms with E-state index in [-0.39, 0.29) is 5.56 Å². The number of pyridine rings is 1. The Labute approximate surface area is 115 Å². The molecule has 6 nitrogen and oxygen atoms in total. The molecule has 2 N–H and O–H groups in total. The van der Waals surface area contributed by atoms with Gasteiger partial charge in [-0.25, -0.2) is 0 Å². The van der Waals surface area contributed by atoms with E-state index >= 15 is 0 Å². The fourth-order valence-electron chi connectivity index (χ4n) is 2.27. The van der Waals surface area contributed by atoms with Crippen LogP contribution in [0.2, 0.25) is 0 Å². The normalized spacial score (nSPS) is 11.1. The zero-order valence-electron chi connectivity index (χ0n) is 11.2. The van der Waals surface area contributed by atoms with Gasteiger partial charge in [0.15, 0.2) is 0 Å². The Bertz CT molecular complexity index is 804. The highest BCUT2D eigenvalue weighted by Gasteiger charge is 2.10.